The predicted octanol–water partition coefficient (Wildman–Crippen LogP) is 0.241. The van der Waals surface area contributed by atoms with Crippen LogP contribution in [0.2, 0.25) is 0 Å². The van der Waals surface area contributed by atoms with Crippen molar-refractivity contribution in [1.82, 2.24) is 0 Å². The molecule has 72 valence electrons. The van der Waals surface area contributed by atoms with E-state index in [2.05, 4.69) is 0 Å². The van der Waals surface area contributed by atoms with Crippen LogP contribution in [0, 0.1) is 6.92 Å². The lowest BCUT2D eigenvalue weighted by molar-refractivity contribution is 0.464. The summed E-state index contributed by atoms with van der Waals surface area (Å²) in [5.74, 6) is 0.0450. The fourth-order valence-corrected chi connectivity index (χ4v) is 1.25. The van der Waals surface area contributed by atoms with E-state index in [1.165, 1.54) is 0 Å². The zero-order valence-electron chi connectivity index (χ0n) is 7.62. The van der Waals surface area contributed by atoms with Crippen molar-refractivity contribution in [2.75, 3.05) is 12.3 Å². The Kier molecular flexibility index (Phi) is 2.75. The first-order chi connectivity index (χ1) is 6.06. The van der Waals surface area contributed by atoms with Crippen LogP contribution in [-0.2, 0) is 0 Å². The molecule has 0 aromatic heterocycles. The first-order valence-electron chi connectivity index (χ1n) is 4.11. The fourth-order valence-electron chi connectivity index (χ4n) is 1.25. The standard InChI is InChI=1S/C9H15N3O/c1-5-2-6(8(12)4-10)9(13)7(11)3-5/h2-3,8,13H,4,10-12H2,1H3/t8-/m0/s1. The highest BCUT2D eigenvalue weighted by atomic mass is 16.3. The molecule has 0 fully saturated rings. The molecule has 4 heteroatoms. The van der Waals surface area contributed by atoms with E-state index in [4.69, 9.17) is 17.2 Å². The zero-order chi connectivity index (χ0) is 10.0. The number of aryl methyl sites for hydroxylation is 1. The molecule has 1 aromatic carbocycles. The monoisotopic (exact) mass is 181 g/mol. The van der Waals surface area contributed by atoms with Crippen molar-refractivity contribution in [2.45, 2.75) is 13.0 Å². The van der Waals surface area contributed by atoms with Crippen LogP contribution in [0.4, 0.5) is 5.69 Å². The molecular weight excluding hydrogens is 166 g/mol. The van der Waals surface area contributed by atoms with Gasteiger partial charge >= 0.3 is 0 Å². The van der Waals surface area contributed by atoms with Crippen molar-refractivity contribution < 1.29 is 5.11 Å². The van der Waals surface area contributed by atoms with E-state index in [0.29, 0.717) is 11.3 Å². The number of anilines is 1. The number of phenolic OH excluding ortho intramolecular Hbond substituents is 1. The van der Waals surface area contributed by atoms with Crippen molar-refractivity contribution in [3.63, 3.8) is 0 Å². The van der Waals surface area contributed by atoms with Crippen LogP contribution in [-0.4, -0.2) is 11.7 Å². The summed E-state index contributed by atoms with van der Waals surface area (Å²) < 4.78 is 0. The number of benzene rings is 1. The molecule has 0 unspecified atom stereocenters. The van der Waals surface area contributed by atoms with Gasteiger partial charge in [0.2, 0.25) is 0 Å². The maximum absolute atomic E-state index is 9.56. The van der Waals surface area contributed by atoms with Gasteiger partial charge in [-0.15, -0.1) is 0 Å². The van der Waals surface area contributed by atoms with Crippen molar-refractivity contribution in [1.29, 1.82) is 0 Å². The first kappa shape index (κ1) is 9.83. The molecule has 0 saturated heterocycles. The highest BCUT2D eigenvalue weighted by Gasteiger charge is 2.11. The lowest BCUT2D eigenvalue weighted by Gasteiger charge is -2.13. The summed E-state index contributed by atoms with van der Waals surface area (Å²) in [4.78, 5) is 0. The number of nitrogen functional groups attached to an aromatic ring is 1. The van der Waals surface area contributed by atoms with Crippen LogP contribution < -0.4 is 17.2 Å². The maximum Gasteiger partial charge on any atom is 0.143 e. The Labute approximate surface area is 77.3 Å². The van der Waals surface area contributed by atoms with Crippen molar-refractivity contribution >= 4 is 5.69 Å². The average Bonchev–Trinajstić information content (AvgIpc) is 2.10. The summed E-state index contributed by atoms with van der Waals surface area (Å²) >= 11 is 0. The topological polar surface area (TPSA) is 98.3 Å². The van der Waals surface area contributed by atoms with E-state index in [9.17, 15) is 5.11 Å². The van der Waals surface area contributed by atoms with E-state index in [0.717, 1.165) is 5.56 Å². The molecule has 0 spiro atoms. The van der Waals surface area contributed by atoms with Gasteiger partial charge in [-0.25, -0.2) is 0 Å². The molecule has 4 nitrogen and oxygen atoms in total. The van der Waals surface area contributed by atoms with E-state index < -0.39 is 0 Å². The summed E-state index contributed by atoms with van der Waals surface area (Å²) in [6, 6.07) is 3.13. The Hall–Kier alpha value is -1.26. The molecule has 0 aliphatic carbocycles. The zero-order valence-corrected chi connectivity index (χ0v) is 7.62. The summed E-state index contributed by atoms with van der Waals surface area (Å²) in [7, 11) is 0. The second kappa shape index (κ2) is 3.64. The fraction of sp³-hybridized carbons (Fsp3) is 0.333. The van der Waals surface area contributed by atoms with Gasteiger partial charge in [-0.1, -0.05) is 6.07 Å². The second-order valence-corrected chi connectivity index (χ2v) is 3.13. The predicted molar refractivity (Wildman–Crippen MR) is 53.2 cm³/mol. The molecule has 0 heterocycles. The number of hydrogen-bond acceptors (Lipinski definition) is 4. The molecule has 0 saturated carbocycles. The van der Waals surface area contributed by atoms with Gasteiger partial charge in [0.15, 0.2) is 0 Å². The van der Waals surface area contributed by atoms with E-state index in [1.807, 2.05) is 6.92 Å². The molecular formula is C9H15N3O. The van der Waals surface area contributed by atoms with Gasteiger partial charge in [-0.2, -0.15) is 0 Å². The van der Waals surface area contributed by atoms with Gasteiger partial charge in [0.25, 0.3) is 0 Å². The Bertz CT molecular complexity index is 312. The quantitative estimate of drug-likeness (QED) is 0.388. The minimum absolute atomic E-state index is 0.0450. The molecule has 0 bridgehead atoms. The minimum Gasteiger partial charge on any atom is -0.505 e. The summed E-state index contributed by atoms with van der Waals surface area (Å²) in [5.41, 5.74) is 18.6. The Morgan fingerprint density at radius 2 is 2.08 bits per heavy atom. The molecule has 7 N–H and O–H groups in total. The third-order valence-corrected chi connectivity index (χ3v) is 1.97. The second-order valence-electron chi connectivity index (χ2n) is 3.13. The van der Waals surface area contributed by atoms with Crippen LogP contribution in [0.25, 0.3) is 0 Å². The highest BCUT2D eigenvalue weighted by Crippen LogP contribution is 2.29. The van der Waals surface area contributed by atoms with Crippen LogP contribution in [0.3, 0.4) is 0 Å². The first-order valence-corrected chi connectivity index (χ1v) is 4.11. The third-order valence-electron chi connectivity index (χ3n) is 1.97. The number of rotatable bonds is 2. The lowest BCUT2D eigenvalue weighted by Crippen LogP contribution is -2.21. The molecule has 1 rings (SSSR count). The molecule has 0 aliphatic heterocycles. The number of aromatic hydroxyl groups is 1. The Morgan fingerprint density at radius 3 is 2.62 bits per heavy atom. The van der Waals surface area contributed by atoms with Crippen LogP contribution in [0.1, 0.15) is 17.2 Å². The van der Waals surface area contributed by atoms with Crippen LogP contribution in [0.15, 0.2) is 12.1 Å². The van der Waals surface area contributed by atoms with Crippen molar-refractivity contribution in [3.8, 4) is 5.75 Å². The van der Waals surface area contributed by atoms with Crippen LogP contribution >= 0.6 is 0 Å². The minimum atomic E-state index is -0.359. The smallest absolute Gasteiger partial charge is 0.143 e. The van der Waals surface area contributed by atoms with Crippen LogP contribution in [0.5, 0.6) is 5.75 Å². The number of phenols is 1. The van der Waals surface area contributed by atoms with Gasteiger partial charge < -0.3 is 22.3 Å². The van der Waals surface area contributed by atoms with E-state index in [-0.39, 0.29) is 18.3 Å². The average molecular weight is 181 g/mol. The normalized spacial score (nSPS) is 12.8. The Balaban J connectivity index is 3.20. The van der Waals surface area contributed by atoms with Gasteiger partial charge in [-0.3, -0.25) is 0 Å². The SMILES string of the molecule is Cc1cc(N)c(O)c([C@@H](N)CN)c1. The largest absolute Gasteiger partial charge is 0.505 e. The van der Waals surface area contributed by atoms with Gasteiger partial charge in [-0.05, 0) is 18.6 Å². The highest BCUT2D eigenvalue weighted by molar-refractivity contribution is 5.58. The third kappa shape index (κ3) is 1.91. The molecule has 13 heavy (non-hydrogen) atoms. The van der Waals surface area contributed by atoms with Crippen molar-refractivity contribution in [3.05, 3.63) is 23.3 Å². The molecule has 1 atom stereocenters. The lowest BCUT2D eigenvalue weighted by atomic mass is 10.0. The van der Waals surface area contributed by atoms with E-state index >= 15 is 0 Å². The molecule has 1 aromatic rings. The molecule has 0 aliphatic rings. The molecule has 0 amide bonds. The van der Waals surface area contributed by atoms with Gasteiger partial charge in [0.1, 0.15) is 5.75 Å². The van der Waals surface area contributed by atoms with Gasteiger partial charge in [0.05, 0.1) is 5.69 Å². The maximum atomic E-state index is 9.56. The van der Waals surface area contributed by atoms with Gasteiger partial charge in [0, 0.05) is 18.2 Å². The summed E-state index contributed by atoms with van der Waals surface area (Å²) in [6.07, 6.45) is 0. The van der Waals surface area contributed by atoms with E-state index in [1.54, 1.807) is 12.1 Å². The molecule has 0 radical (unpaired) electrons. The summed E-state index contributed by atoms with van der Waals surface area (Å²) in [6.45, 7) is 2.18. The number of hydrogen-bond donors (Lipinski definition) is 4. The van der Waals surface area contributed by atoms with Crippen molar-refractivity contribution in [2.24, 2.45) is 11.5 Å². The summed E-state index contributed by atoms with van der Waals surface area (Å²) in [5, 5.41) is 9.56. The Morgan fingerprint density at radius 1 is 1.46 bits per heavy atom. The number of nitrogens with two attached hydrogens (primary N) is 3.